The largest absolute Gasteiger partial charge is 0.394 e. The summed E-state index contributed by atoms with van der Waals surface area (Å²) in [6.07, 6.45) is 3.03. The molecule has 4 nitrogen and oxygen atoms in total. The van der Waals surface area contributed by atoms with Crippen molar-refractivity contribution in [2.45, 2.75) is 6.10 Å². The van der Waals surface area contributed by atoms with Crippen molar-refractivity contribution in [3.63, 3.8) is 0 Å². The fourth-order valence-corrected chi connectivity index (χ4v) is 2.62. The van der Waals surface area contributed by atoms with E-state index in [0.717, 1.165) is 11.1 Å². The van der Waals surface area contributed by atoms with Crippen LogP contribution in [-0.4, -0.2) is 30.8 Å². The summed E-state index contributed by atoms with van der Waals surface area (Å²) in [5.41, 5.74) is 1.98. The van der Waals surface area contributed by atoms with Crippen molar-refractivity contribution in [2.75, 3.05) is 19.8 Å². The first-order valence-electron chi connectivity index (χ1n) is 7.05. The summed E-state index contributed by atoms with van der Waals surface area (Å²) in [6.45, 7) is 0.577. The summed E-state index contributed by atoms with van der Waals surface area (Å²) in [4.78, 5) is 11.9. The Kier molecular flexibility index (Phi) is 6.83. The smallest absolute Gasteiger partial charge is 0.244 e. The van der Waals surface area contributed by atoms with Gasteiger partial charge >= 0.3 is 0 Å². The lowest BCUT2D eigenvalue weighted by atomic mass is 10.2. The lowest BCUT2D eigenvalue weighted by Gasteiger charge is -2.16. The van der Waals surface area contributed by atoms with Gasteiger partial charge < -0.3 is 15.2 Å². The van der Waals surface area contributed by atoms with Crippen LogP contribution in [0.25, 0.3) is 6.08 Å². The van der Waals surface area contributed by atoms with E-state index in [-0.39, 0.29) is 25.2 Å². The highest BCUT2D eigenvalue weighted by atomic mass is 32.1. The zero-order chi connectivity index (χ0) is 15.6. The molecule has 1 unspecified atom stereocenters. The molecule has 0 spiro atoms. The molecule has 5 heteroatoms. The molecule has 2 rings (SSSR count). The van der Waals surface area contributed by atoms with Crippen LogP contribution >= 0.6 is 11.3 Å². The van der Waals surface area contributed by atoms with Crippen molar-refractivity contribution < 1.29 is 14.6 Å². The molecule has 0 fully saturated rings. The number of carbonyl (C=O) groups excluding carboxylic acids is 1. The van der Waals surface area contributed by atoms with Crippen LogP contribution in [-0.2, 0) is 9.53 Å². The molecule has 0 aliphatic rings. The van der Waals surface area contributed by atoms with Crippen LogP contribution in [0.15, 0.2) is 53.2 Å². The van der Waals surface area contributed by atoms with E-state index in [1.807, 2.05) is 47.2 Å². The molecule has 22 heavy (non-hydrogen) atoms. The first-order chi connectivity index (χ1) is 10.8. The zero-order valence-electron chi connectivity index (χ0n) is 12.1. The van der Waals surface area contributed by atoms with Crippen LogP contribution in [0.2, 0.25) is 0 Å². The Bertz CT molecular complexity index is 581. The third kappa shape index (κ3) is 5.44. The second kappa shape index (κ2) is 9.15. The molecule has 0 bridgehead atoms. The molecular weight excluding hydrogens is 298 g/mol. The summed E-state index contributed by atoms with van der Waals surface area (Å²) in [5, 5.41) is 15.6. The summed E-state index contributed by atoms with van der Waals surface area (Å²) < 4.78 is 5.57. The Morgan fingerprint density at radius 3 is 2.82 bits per heavy atom. The number of hydrogen-bond donors (Lipinski definition) is 2. The number of amides is 1. The van der Waals surface area contributed by atoms with Crippen LogP contribution in [0.3, 0.4) is 0 Å². The van der Waals surface area contributed by atoms with E-state index in [4.69, 9.17) is 9.84 Å². The van der Waals surface area contributed by atoms with E-state index in [2.05, 4.69) is 5.32 Å². The minimum absolute atomic E-state index is 0.0392. The Hall–Kier alpha value is -1.95. The lowest BCUT2D eigenvalue weighted by molar-refractivity contribution is -0.117. The first kappa shape index (κ1) is 16.4. The van der Waals surface area contributed by atoms with Gasteiger partial charge in [-0.1, -0.05) is 30.3 Å². The van der Waals surface area contributed by atoms with E-state index in [1.54, 1.807) is 17.4 Å². The number of aliphatic hydroxyl groups excluding tert-OH is 1. The van der Waals surface area contributed by atoms with Crippen molar-refractivity contribution >= 4 is 23.3 Å². The Balaban J connectivity index is 1.86. The molecule has 0 aliphatic carbocycles. The van der Waals surface area contributed by atoms with Gasteiger partial charge in [-0.05, 0) is 34.0 Å². The maximum Gasteiger partial charge on any atom is 0.244 e. The van der Waals surface area contributed by atoms with Crippen molar-refractivity contribution in [1.82, 2.24) is 5.32 Å². The third-order valence-electron chi connectivity index (χ3n) is 3.01. The highest BCUT2D eigenvalue weighted by Gasteiger charge is 2.13. The quantitative estimate of drug-likeness (QED) is 0.736. The average Bonchev–Trinajstić information content (AvgIpc) is 3.08. The van der Waals surface area contributed by atoms with E-state index < -0.39 is 0 Å². The van der Waals surface area contributed by atoms with Gasteiger partial charge in [-0.3, -0.25) is 4.79 Å². The number of nitrogens with one attached hydrogen (secondary N) is 1. The van der Waals surface area contributed by atoms with Crippen LogP contribution < -0.4 is 5.32 Å². The van der Waals surface area contributed by atoms with Gasteiger partial charge in [0.15, 0.2) is 0 Å². The van der Waals surface area contributed by atoms with Crippen molar-refractivity contribution in [3.8, 4) is 0 Å². The maximum absolute atomic E-state index is 11.9. The minimum Gasteiger partial charge on any atom is -0.394 e. The molecular formula is C17H19NO3S. The summed E-state index contributed by atoms with van der Waals surface area (Å²) >= 11 is 1.57. The van der Waals surface area contributed by atoms with Crippen LogP contribution in [0.4, 0.5) is 0 Å². The lowest BCUT2D eigenvalue weighted by Crippen LogP contribution is -2.28. The standard InChI is InChI=1S/C17H19NO3S/c19-9-10-21-16(15-8-11-22-13-15)12-18-17(20)7-6-14-4-2-1-3-5-14/h1-8,11,13,16,19H,9-10,12H2,(H,18,20). The van der Waals surface area contributed by atoms with Gasteiger partial charge in [0.25, 0.3) is 0 Å². The van der Waals surface area contributed by atoms with E-state index in [1.165, 1.54) is 6.08 Å². The number of ether oxygens (including phenoxy) is 1. The Morgan fingerprint density at radius 1 is 1.32 bits per heavy atom. The van der Waals surface area contributed by atoms with E-state index in [9.17, 15) is 4.79 Å². The zero-order valence-corrected chi connectivity index (χ0v) is 13.0. The molecule has 0 saturated heterocycles. The topological polar surface area (TPSA) is 58.6 Å². The summed E-state index contributed by atoms with van der Waals surface area (Å²) in [7, 11) is 0. The van der Waals surface area contributed by atoms with Gasteiger partial charge in [0.2, 0.25) is 5.91 Å². The maximum atomic E-state index is 11.9. The van der Waals surface area contributed by atoms with Gasteiger partial charge in [0, 0.05) is 12.6 Å². The monoisotopic (exact) mass is 317 g/mol. The number of benzene rings is 1. The molecule has 1 heterocycles. The van der Waals surface area contributed by atoms with Gasteiger partial charge in [-0.2, -0.15) is 11.3 Å². The van der Waals surface area contributed by atoms with Gasteiger partial charge in [0.1, 0.15) is 6.10 Å². The third-order valence-corrected chi connectivity index (χ3v) is 3.72. The number of carbonyl (C=O) groups is 1. The van der Waals surface area contributed by atoms with E-state index in [0.29, 0.717) is 6.54 Å². The molecule has 2 aromatic rings. The molecule has 1 aromatic heterocycles. The van der Waals surface area contributed by atoms with Crippen LogP contribution in [0.1, 0.15) is 17.2 Å². The number of hydrogen-bond acceptors (Lipinski definition) is 4. The Labute approximate surface area is 134 Å². The number of thiophene rings is 1. The molecule has 0 saturated carbocycles. The van der Waals surface area contributed by atoms with Crippen molar-refractivity contribution in [3.05, 3.63) is 64.4 Å². The molecule has 1 atom stereocenters. The number of aliphatic hydroxyl groups is 1. The van der Waals surface area contributed by atoms with Crippen molar-refractivity contribution in [2.24, 2.45) is 0 Å². The fraction of sp³-hybridized carbons (Fsp3) is 0.235. The minimum atomic E-state index is -0.243. The molecule has 1 amide bonds. The Morgan fingerprint density at radius 2 is 2.14 bits per heavy atom. The highest BCUT2D eigenvalue weighted by Crippen LogP contribution is 2.19. The predicted octanol–water partition coefficient (Wildman–Crippen LogP) is 2.63. The van der Waals surface area contributed by atoms with Gasteiger partial charge in [0.05, 0.1) is 13.2 Å². The molecule has 1 aromatic carbocycles. The van der Waals surface area contributed by atoms with Crippen LogP contribution in [0, 0.1) is 0 Å². The normalized spacial score (nSPS) is 12.4. The first-order valence-corrected chi connectivity index (χ1v) is 7.99. The number of rotatable bonds is 8. The highest BCUT2D eigenvalue weighted by molar-refractivity contribution is 7.07. The van der Waals surface area contributed by atoms with E-state index >= 15 is 0 Å². The summed E-state index contributed by atoms with van der Waals surface area (Å²) in [5.74, 6) is -0.170. The second-order valence-corrected chi connectivity index (χ2v) is 5.41. The molecule has 116 valence electrons. The van der Waals surface area contributed by atoms with Gasteiger partial charge in [-0.25, -0.2) is 0 Å². The molecule has 0 aliphatic heterocycles. The molecule has 2 N–H and O–H groups in total. The second-order valence-electron chi connectivity index (χ2n) is 4.63. The van der Waals surface area contributed by atoms with Crippen LogP contribution in [0.5, 0.6) is 0 Å². The molecule has 0 radical (unpaired) electrons. The SMILES string of the molecule is O=C(C=Cc1ccccc1)NCC(OCCO)c1ccsc1. The van der Waals surface area contributed by atoms with Gasteiger partial charge in [-0.15, -0.1) is 0 Å². The average molecular weight is 317 g/mol. The fourth-order valence-electron chi connectivity index (χ4n) is 1.91. The van der Waals surface area contributed by atoms with Crippen molar-refractivity contribution in [1.29, 1.82) is 0 Å². The predicted molar refractivity (Wildman–Crippen MR) is 88.6 cm³/mol. The summed E-state index contributed by atoms with van der Waals surface area (Å²) in [6, 6.07) is 11.6.